The number of carbonyl (C=O) groups excluding carboxylic acids is 1. The van der Waals surface area contributed by atoms with E-state index in [4.69, 9.17) is 4.74 Å². The van der Waals surface area contributed by atoms with E-state index in [1.165, 1.54) is 23.3 Å². The lowest BCUT2D eigenvalue weighted by molar-refractivity contribution is -0.131. The molecule has 2 saturated heterocycles. The van der Waals surface area contributed by atoms with Crippen LogP contribution in [-0.4, -0.2) is 55.1 Å². The molecule has 0 radical (unpaired) electrons. The molecule has 2 aliphatic heterocycles. The summed E-state index contributed by atoms with van der Waals surface area (Å²) in [6, 6.07) is 15.4. The van der Waals surface area contributed by atoms with Crippen LogP contribution in [0.25, 0.3) is 0 Å². The standard InChI is InChI=1S/C25H31FN2O2/c26-24-3-1-2-23(17-24)18-25(29)28-10-8-21(9-11-28)16-20-4-6-22(7-5-20)19-27-12-14-30-15-13-27/h1-7,17,21H,8-16,18-19H2. The van der Waals surface area contributed by atoms with Crippen LogP contribution in [0, 0.1) is 11.7 Å². The van der Waals surface area contributed by atoms with Gasteiger partial charge in [0, 0.05) is 32.7 Å². The predicted molar refractivity (Wildman–Crippen MR) is 116 cm³/mol. The van der Waals surface area contributed by atoms with Crippen molar-refractivity contribution in [3.05, 3.63) is 71.0 Å². The number of piperidine rings is 1. The van der Waals surface area contributed by atoms with Gasteiger partial charge in [0.05, 0.1) is 19.6 Å². The Balaban J connectivity index is 1.22. The lowest BCUT2D eigenvalue weighted by atomic mass is 9.89. The fourth-order valence-corrected chi connectivity index (χ4v) is 4.45. The van der Waals surface area contributed by atoms with Gasteiger partial charge in [0.2, 0.25) is 5.91 Å². The number of rotatable bonds is 6. The van der Waals surface area contributed by atoms with E-state index in [-0.39, 0.29) is 18.1 Å². The molecule has 0 N–H and O–H groups in total. The number of carbonyl (C=O) groups is 1. The maximum Gasteiger partial charge on any atom is 0.226 e. The van der Waals surface area contributed by atoms with Gasteiger partial charge in [0.25, 0.3) is 0 Å². The normalized spacial score (nSPS) is 18.5. The minimum atomic E-state index is -0.282. The number of nitrogens with zero attached hydrogens (tertiary/aromatic N) is 2. The second-order valence-corrected chi connectivity index (χ2v) is 8.54. The first-order valence-corrected chi connectivity index (χ1v) is 11.1. The van der Waals surface area contributed by atoms with Gasteiger partial charge in [-0.15, -0.1) is 0 Å². The van der Waals surface area contributed by atoms with Crippen LogP contribution in [0.15, 0.2) is 48.5 Å². The first-order chi connectivity index (χ1) is 14.7. The molecule has 2 aromatic carbocycles. The third-order valence-corrected chi connectivity index (χ3v) is 6.27. The smallest absolute Gasteiger partial charge is 0.226 e. The Morgan fingerprint density at radius 2 is 1.63 bits per heavy atom. The van der Waals surface area contributed by atoms with Crippen LogP contribution in [0.3, 0.4) is 0 Å². The molecule has 0 bridgehead atoms. The molecular weight excluding hydrogens is 379 g/mol. The van der Waals surface area contributed by atoms with E-state index in [0.29, 0.717) is 5.92 Å². The van der Waals surface area contributed by atoms with Crippen molar-refractivity contribution in [3.8, 4) is 0 Å². The summed E-state index contributed by atoms with van der Waals surface area (Å²) in [4.78, 5) is 16.9. The van der Waals surface area contributed by atoms with E-state index < -0.39 is 0 Å². The molecule has 0 spiro atoms. The van der Waals surface area contributed by atoms with Crippen molar-refractivity contribution >= 4 is 5.91 Å². The molecule has 2 fully saturated rings. The van der Waals surface area contributed by atoms with Crippen LogP contribution in [0.2, 0.25) is 0 Å². The van der Waals surface area contributed by atoms with Gasteiger partial charge < -0.3 is 9.64 Å². The number of hydrogen-bond acceptors (Lipinski definition) is 3. The van der Waals surface area contributed by atoms with Gasteiger partial charge in [0.15, 0.2) is 0 Å². The summed E-state index contributed by atoms with van der Waals surface area (Å²) < 4.78 is 18.7. The predicted octanol–water partition coefficient (Wildman–Crippen LogP) is 3.68. The van der Waals surface area contributed by atoms with E-state index in [1.54, 1.807) is 6.07 Å². The summed E-state index contributed by atoms with van der Waals surface area (Å²) in [7, 11) is 0. The summed E-state index contributed by atoms with van der Waals surface area (Å²) in [6.45, 7) is 6.29. The minimum Gasteiger partial charge on any atom is -0.379 e. The third-order valence-electron chi connectivity index (χ3n) is 6.27. The van der Waals surface area contributed by atoms with E-state index in [0.717, 1.165) is 70.8 Å². The van der Waals surface area contributed by atoms with Crippen molar-refractivity contribution in [1.29, 1.82) is 0 Å². The first kappa shape index (κ1) is 21.0. The molecular formula is C25H31FN2O2. The average molecular weight is 411 g/mol. The molecule has 2 aromatic rings. The van der Waals surface area contributed by atoms with Gasteiger partial charge in [-0.3, -0.25) is 9.69 Å². The molecule has 1 amide bonds. The summed E-state index contributed by atoms with van der Waals surface area (Å²) in [5.74, 6) is 0.440. The van der Waals surface area contributed by atoms with Crippen molar-refractivity contribution < 1.29 is 13.9 Å². The Morgan fingerprint density at radius 3 is 2.33 bits per heavy atom. The van der Waals surface area contributed by atoms with Crippen LogP contribution in [0.1, 0.15) is 29.5 Å². The number of hydrogen-bond donors (Lipinski definition) is 0. The minimum absolute atomic E-state index is 0.103. The van der Waals surface area contributed by atoms with E-state index in [1.807, 2.05) is 11.0 Å². The Labute approximate surface area is 178 Å². The van der Waals surface area contributed by atoms with Gasteiger partial charge in [0.1, 0.15) is 5.82 Å². The zero-order chi connectivity index (χ0) is 20.8. The molecule has 2 heterocycles. The third kappa shape index (κ3) is 5.89. The Hall–Kier alpha value is -2.24. The number of halogens is 1. The van der Waals surface area contributed by atoms with Crippen LogP contribution in [0.4, 0.5) is 4.39 Å². The van der Waals surface area contributed by atoms with Crippen molar-refractivity contribution in [1.82, 2.24) is 9.80 Å². The highest BCUT2D eigenvalue weighted by atomic mass is 19.1. The molecule has 30 heavy (non-hydrogen) atoms. The highest BCUT2D eigenvalue weighted by molar-refractivity contribution is 5.78. The molecule has 4 nitrogen and oxygen atoms in total. The summed E-state index contributed by atoms with van der Waals surface area (Å²) in [6.07, 6.45) is 3.42. The second-order valence-electron chi connectivity index (χ2n) is 8.54. The topological polar surface area (TPSA) is 32.8 Å². The zero-order valence-corrected chi connectivity index (χ0v) is 17.6. The Morgan fingerprint density at radius 1 is 0.933 bits per heavy atom. The summed E-state index contributed by atoms with van der Waals surface area (Å²) >= 11 is 0. The van der Waals surface area contributed by atoms with Crippen molar-refractivity contribution in [2.45, 2.75) is 32.2 Å². The van der Waals surface area contributed by atoms with E-state index in [2.05, 4.69) is 29.2 Å². The van der Waals surface area contributed by atoms with Gasteiger partial charge >= 0.3 is 0 Å². The Bertz CT molecular complexity index is 825. The number of morpholine rings is 1. The highest BCUT2D eigenvalue weighted by Gasteiger charge is 2.23. The maximum atomic E-state index is 13.3. The molecule has 0 aromatic heterocycles. The van der Waals surface area contributed by atoms with Crippen molar-refractivity contribution in [3.63, 3.8) is 0 Å². The number of ether oxygens (including phenoxy) is 1. The number of likely N-dealkylation sites (tertiary alicyclic amines) is 1. The molecule has 0 saturated carbocycles. The van der Waals surface area contributed by atoms with Crippen LogP contribution < -0.4 is 0 Å². The molecule has 0 atom stereocenters. The largest absolute Gasteiger partial charge is 0.379 e. The quantitative estimate of drug-likeness (QED) is 0.728. The fraction of sp³-hybridized carbons (Fsp3) is 0.480. The second kappa shape index (κ2) is 10.2. The molecule has 0 unspecified atom stereocenters. The van der Waals surface area contributed by atoms with Gasteiger partial charge in [-0.05, 0) is 54.0 Å². The molecule has 4 rings (SSSR count). The van der Waals surface area contributed by atoms with Crippen molar-refractivity contribution in [2.75, 3.05) is 39.4 Å². The molecule has 5 heteroatoms. The number of benzene rings is 2. The zero-order valence-electron chi connectivity index (χ0n) is 17.6. The molecule has 2 aliphatic rings. The summed E-state index contributed by atoms with van der Waals surface area (Å²) in [5, 5.41) is 0. The van der Waals surface area contributed by atoms with E-state index in [9.17, 15) is 9.18 Å². The first-order valence-electron chi connectivity index (χ1n) is 11.1. The maximum absolute atomic E-state index is 13.3. The SMILES string of the molecule is O=C(Cc1cccc(F)c1)N1CCC(Cc2ccc(CN3CCOCC3)cc2)CC1. The lowest BCUT2D eigenvalue weighted by Crippen LogP contribution is -2.39. The number of amides is 1. The van der Waals surface area contributed by atoms with Crippen LogP contribution in [0.5, 0.6) is 0 Å². The monoisotopic (exact) mass is 410 g/mol. The van der Waals surface area contributed by atoms with E-state index >= 15 is 0 Å². The average Bonchev–Trinajstić information content (AvgIpc) is 2.76. The van der Waals surface area contributed by atoms with Gasteiger partial charge in [-0.1, -0.05) is 36.4 Å². The Kier molecular flexibility index (Phi) is 7.13. The van der Waals surface area contributed by atoms with Gasteiger partial charge in [-0.25, -0.2) is 4.39 Å². The lowest BCUT2D eigenvalue weighted by Gasteiger charge is -2.32. The van der Waals surface area contributed by atoms with Crippen LogP contribution >= 0.6 is 0 Å². The van der Waals surface area contributed by atoms with Crippen LogP contribution in [-0.2, 0) is 28.9 Å². The highest BCUT2D eigenvalue weighted by Crippen LogP contribution is 2.23. The van der Waals surface area contributed by atoms with Crippen molar-refractivity contribution in [2.24, 2.45) is 5.92 Å². The molecule has 160 valence electrons. The molecule has 0 aliphatic carbocycles. The van der Waals surface area contributed by atoms with Gasteiger partial charge in [-0.2, -0.15) is 0 Å². The fourth-order valence-electron chi connectivity index (χ4n) is 4.45. The summed E-state index contributed by atoms with van der Waals surface area (Å²) in [5.41, 5.74) is 3.49.